The Bertz CT molecular complexity index is 1150. The van der Waals surface area contributed by atoms with Crippen molar-refractivity contribution >= 4 is 17.4 Å². The lowest BCUT2D eigenvalue weighted by atomic mass is 10.1. The van der Waals surface area contributed by atoms with E-state index in [-0.39, 0.29) is 5.56 Å². The lowest BCUT2D eigenvalue weighted by Crippen LogP contribution is -2.14. The monoisotopic (exact) mass is 362 g/mol. The number of aromatic nitrogens is 4. The van der Waals surface area contributed by atoms with Gasteiger partial charge in [-0.25, -0.2) is 9.97 Å². The highest BCUT2D eigenvalue weighted by atomic mass is 32.2. The Kier molecular flexibility index (Phi) is 4.34. The molecule has 3 aromatic heterocycles. The van der Waals surface area contributed by atoms with Crippen LogP contribution in [-0.4, -0.2) is 18.9 Å². The predicted octanol–water partition coefficient (Wildman–Crippen LogP) is 3.79. The van der Waals surface area contributed by atoms with E-state index in [1.807, 2.05) is 24.4 Å². The van der Waals surface area contributed by atoms with Crippen molar-refractivity contribution in [3.63, 3.8) is 0 Å². The maximum absolute atomic E-state index is 12.2. The number of imidazole rings is 1. The van der Waals surface area contributed by atoms with E-state index < -0.39 is 0 Å². The fourth-order valence-corrected chi connectivity index (χ4v) is 3.73. The molecule has 0 spiro atoms. The summed E-state index contributed by atoms with van der Waals surface area (Å²) in [6.07, 6.45) is 5.49. The number of rotatable bonds is 4. The van der Waals surface area contributed by atoms with Gasteiger partial charge in [-0.05, 0) is 43.2 Å². The van der Waals surface area contributed by atoms with Crippen LogP contribution in [-0.2, 0) is 5.75 Å². The van der Waals surface area contributed by atoms with Gasteiger partial charge < -0.3 is 0 Å². The van der Waals surface area contributed by atoms with Gasteiger partial charge in [0.05, 0.1) is 11.4 Å². The van der Waals surface area contributed by atoms with Gasteiger partial charge in [0, 0.05) is 30.4 Å². The molecule has 130 valence electrons. The van der Waals surface area contributed by atoms with Gasteiger partial charge in [-0.1, -0.05) is 30.0 Å². The molecule has 5 nitrogen and oxygen atoms in total. The molecule has 0 radical (unpaired) electrons. The molecule has 0 N–H and O–H groups in total. The third-order valence-electron chi connectivity index (χ3n) is 4.20. The van der Waals surface area contributed by atoms with Crippen LogP contribution in [0.5, 0.6) is 0 Å². The molecule has 0 saturated carbocycles. The van der Waals surface area contributed by atoms with Crippen molar-refractivity contribution < 1.29 is 0 Å². The molecule has 4 rings (SSSR count). The molecule has 0 unspecified atom stereocenters. The molecule has 3 heterocycles. The first kappa shape index (κ1) is 16.6. The van der Waals surface area contributed by atoms with Crippen LogP contribution in [0, 0.1) is 13.8 Å². The molecule has 1 aromatic carbocycles. The highest BCUT2D eigenvalue weighted by Gasteiger charge is 2.10. The first-order chi connectivity index (χ1) is 12.6. The van der Waals surface area contributed by atoms with Crippen LogP contribution >= 0.6 is 11.8 Å². The van der Waals surface area contributed by atoms with Gasteiger partial charge >= 0.3 is 0 Å². The quantitative estimate of drug-likeness (QED) is 0.518. The van der Waals surface area contributed by atoms with Gasteiger partial charge in [0.2, 0.25) is 0 Å². The van der Waals surface area contributed by atoms with Crippen molar-refractivity contribution in [2.45, 2.75) is 24.8 Å². The standard InChI is InChI=1S/C20H18N4OS/c1-14-6-7-15(2)17(11-14)23-10-8-21-20(23)26-13-16-12-19(25)24-9-4-3-5-18(24)22-16/h3-12H,13H2,1-2H3. The summed E-state index contributed by atoms with van der Waals surface area (Å²) in [5.74, 6) is 0.586. The Balaban J connectivity index is 1.63. The fourth-order valence-electron chi connectivity index (χ4n) is 2.87. The number of pyridine rings is 1. The predicted molar refractivity (Wildman–Crippen MR) is 104 cm³/mol. The molecule has 0 fully saturated rings. The summed E-state index contributed by atoms with van der Waals surface area (Å²) in [4.78, 5) is 21.3. The molecule has 0 aliphatic heterocycles. The molecule has 4 aromatic rings. The Labute approximate surface area is 155 Å². The van der Waals surface area contributed by atoms with Crippen LogP contribution in [0.1, 0.15) is 16.8 Å². The third-order valence-corrected chi connectivity index (χ3v) is 5.20. The minimum Gasteiger partial charge on any atom is -0.295 e. The second-order valence-electron chi connectivity index (χ2n) is 6.17. The van der Waals surface area contributed by atoms with Crippen LogP contribution in [0.25, 0.3) is 11.3 Å². The summed E-state index contributed by atoms with van der Waals surface area (Å²) in [7, 11) is 0. The zero-order valence-corrected chi connectivity index (χ0v) is 15.4. The van der Waals surface area contributed by atoms with E-state index in [2.05, 4.69) is 46.6 Å². The van der Waals surface area contributed by atoms with Crippen molar-refractivity contribution in [2.24, 2.45) is 0 Å². The minimum atomic E-state index is -0.0657. The zero-order valence-electron chi connectivity index (χ0n) is 14.6. The van der Waals surface area contributed by atoms with Crippen LogP contribution in [0.2, 0.25) is 0 Å². The van der Waals surface area contributed by atoms with Crippen molar-refractivity contribution in [3.05, 3.63) is 88.2 Å². The molecule has 26 heavy (non-hydrogen) atoms. The van der Waals surface area contributed by atoms with Crippen molar-refractivity contribution in [3.8, 4) is 5.69 Å². The normalized spacial score (nSPS) is 11.2. The number of hydrogen-bond acceptors (Lipinski definition) is 4. The molecule has 0 aliphatic carbocycles. The summed E-state index contributed by atoms with van der Waals surface area (Å²) < 4.78 is 3.63. The SMILES string of the molecule is Cc1ccc(C)c(-n2ccnc2SCc2cc(=O)n3ccccc3n2)c1. The van der Waals surface area contributed by atoms with E-state index in [4.69, 9.17) is 0 Å². The molecule has 6 heteroatoms. The van der Waals surface area contributed by atoms with Gasteiger partial charge in [-0.15, -0.1) is 0 Å². The third kappa shape index (κ3) is 3.15. The number of thioether (sulfide) groups is 1. The van der Waals surface area contributed by atoms with Crippen LogP contribution in [0.15, 0.2) is 71.0 Å². The molecule has 0 aliphatic rings. The van der Waals surface area contributed by atoms with Crippen molar-refractivity contribution in [1.29, 1.82) is 0 Å². The van der Waals surface area contributed by atoms with E-state index in [1.165, 1.54) is 11.1 Å². The number of benzene rings is 1. The molecule has 0 atom stereocenters. The number of fused-ring (bicyclic) bond motifs is 1. The van der Waals surface area contributed by atoms with Gasteiger partial charge in [-0.3, -0.25) is 13.8 Å². The van der Waals surface area contributed by atoms with E-state index >= 15 is 0 Å². The van der Waals surface area contributed by atoms with Crippen LogP contribution < -0.4 is 5.56 Å². The van der Waals surface area contributed by atoms with Gasteiger partial charge in [-0.2, -0.15) is 0 Å². The largest absolute Gasteiger partial charge is 0.295 e. The van der Waals surface area contributed by atoms with Crippen LogP contribution in [0.4, 0.5) is 0 Å². The first-order valence-corrected chi connectivity index (χ1v) is 9.31. The first-order valence-electron chi connectivity index (χ1n) is 8.33. The van der Waals surface area contributed by atoms with Gasteiger partial charge in [0.15, 0.2) is 5.16 Å². The smallest absolute Gasteiger partial charge is 0.258 e. The van der Waals surface area contributed by atoms with E-state index in [1.54, 1.807) is 34.6 Å². The Hall–Kier alpha value is -2.86. The Morgan fingerprint density at radius 3 is 2.85 bits per heavy atom. The second-order valence-corrected chi connectivity index (χ2v) is 7.12. The highest BCUT2D eigenvalue weighted by Crippen LogP contribution is 2.25. The van der Waals surface area contributed by atoms with E-state index in [0.717, 1.165) is 16.5 Å². The van der Waals surface area contributed by atoms with E-state index in [0.29, 0.717) is 11.4 Å². The zero-order chi connectivity index (χ0) is 18.1. The van der Waals surface area contributed by atoms with Gasteiger partial charge in [0.25, 0.3) is 5.56 Å². The summed E-state index contributed by atoms with van der Waals surface area (Å²) in [5, 5.41) is 0.883. The van der Waals surface area contributed by atoms with E-state index in [9.17, 15) is 4.79 Å². The minimum absolute atomic E-state index is 0.0657. The number of aryl methyl sites for hydroxylation is 2. The maximum Gasteiger partial charge on any atom is 0.258 e. The molecule has 0 saturated heterocycles. The lowest BCUT2D eigenvalue weighted by Gasteiger charge is -2.11. The molecular formula is C20H18N4OS. The Morgan fingerprint density at radius 2 is 1.96 bits per heavy atom. The summed E-state index contributed by atoms with van der Waals surface area (Å²) in [6, 6.07) is 13.5. The topological polar surface area (TPSA) is 52.2 Å². The summed E-state index contributed by atoms with van der Waals surface area (Å²) in [5.41, 5.74) is 4.87. The average molecular weight is 362 g/mol. The van der Waals surface area contributed by atoms with Crippen molar-refractivity contribution in [2.75, 3.05) is 0 Å². The summed E-state index contributed by atoms with van der Waals surface area (Å²) in [6.45, 7) is 4.17. The fraction of sp³-hybridized carbons (Fsp3) is 0.150. The van der Waals surface area contributed by atoms with Crippen molar-refractivity contribution in [1.82, 2.24) is 18.9 Å². The number of nitrogens with zero attached hydrogens (tertiary/aromatic N) is 4. The van der Waals surface area contributed by atoms with Crippen LogP contribution in [0.3, 0.4) is 0 Å². The second kappa shape index (κ2) is 6.80. The van der Waals surface area contributed by atoms with Gasteiger partial charge in [0.1, 0.15) is 5.65 Å². The summed E-state index contributed by atoms with van der Waals surface area (Å²) >= 11 is 1.57. The number of hydrogen-bond donors (Lipinski definition) is 0. The molecule has 0 bridgehead atoms. The highest BCUT2D eigenvalue weighted by molar-refractivity contribution is 7.98. The Morgan fingerprint density at radius 1 is 1.08 bits per heavy atom. The maximum atomic E-state index is 12.2. The molecular weight excluding hydrogens is 344 g/mol. The molecule has 0 amide bonds. The average Bonchev–Trinajstić information content (AvgIpc) is 3.10. The lowest BCUT2D eigenvalue weighted by molar-refractivity contribution is 0.885.